The van der Waals surface area contributed by atoms with Gasteiger partial charge in [-0.2, -0.15) is 18.3 Å². The maximum atomic E-state index is 13.1. The molecule has 0 radical (unpaired) electrons. The zero-order valence-corrected chi connectivity index (χ0v) is 16.5. The van der Waals surface area contributed by atoms with Gasteiger partial charge in [0.05, 0.1) is 24.5 Å². The lowest BCUT2D eigenvalue weighted by atomic mass is 10.1. The van der Waals surface area contributed by atoms with Gasteiger partial charge in [-0.1, -0.05) is 26.0 Å². The van der Waals surface area contributed by atoms with Crippen LogP contribution in [0.15, 0.2) is 35.1 Å². The number of benzene rings is 1. The summed E-state index contributed by atoms with van der Waals surface area (Å²) >= 11 is 0. The molecule has 29 heavy (non-hydrogen) atoms. The van der Waals surface area contributed by atoms with Crippen LogP contribution in [0.2, 0.25) is 0 Å². The second-order valence-corrected chi connectivity index (χ2v) is 7.24. The maximum Gasteiger partial charge on any atom is 0.416 e. The summed E-state index contributed by atoms with van der Waals surface area (Å²) in [5.74, 6) is 0.107. The number of aromatic nitrogens is 2. The number of nitrogens with zero attached hydrogens (tertiary/aromatic N) is 3. The average molecular weight is 413 g/mol. The molecule has 0 amide bonds. The highest BCUT2D eigenvalue weighted by atomic mass is 19.4. The Morgan fingerprint density at radius 3 is 2.34 bits per heavy atom. The van der Waals surface area contributed by atoms with Gasteiger partial charge in [0.1, 0.15) is 0 Å². The van der Waals surface area contributed by atoms with Crippen molar-refractivity contribution in [1.29, 1.82) is 0 Å². The fourth-order valence-corrected chi connectivity index (χ4v) is 2.97. The van der Waals surface area contributed by atoms with Crippen LogP contribution in [0.1, 0.15) is 25.0 Å². The van der Waals surface area contributed by atoms with Crippen molar-refractivity contribution in [3.63, 3.8) is 0 Å². The minimum atomic E-state index is -4.48. The molecule has 1 heterocycles. The molecule has 1 aromatic heterocycles. The highest BCUT2D eigenvalue weighted by molar-refractivity contribution is 5.60. The Bertz CT molecular complexity index is 860. The van der Waals surface area contributed by atoms with Crippen LogP contribution in [-0.2, 0) is 19.3 Å². The number of aliphatic hydroxyl groups is 2. The van der Waals surface area contributed by atoms with Gasteiger partial charge in [0.15, 0.2) is 0 Å². The van der Waals surface area contributed by atoms with Crippen molar-refractivity contribution in [2.75, 3.05) is 26.3 Å². The molecule has 0 bridgehead atoms. The first kappa shape index (κ1) is 23.1. The van der Waals surface area contributed by atoms with Gasteiger partial charge < -0.3 is 10.2 Å². The van der Waals surface area contributed by atoms with Crippen LogP contribution >= 0.6 is 0 Å². The third-order valence-electron chi connectivity index (χ3n) is 4.30. The van der Waals surface area contributed by atoms with Gasteiger partial charge in [-0.25, -0.2) is 4.68 Å². The molecule has 160 valence electrons. The summed E-state index contributed by atoms with van der Waals surface area (Å²) in [7, 11) is 0. The third kappa shape index (κ3) is 6.38. The quantitative estimate of drug-likeness (QED) is 0.660. The predicted octanol–water partition coefficient (Wildman–Crippen LogP) is 2.37. The summed E-state index contributed by atoms with van der Waals surface area (Å²) in [5, 5.41) is 22.7. The first-order valence-electron chi connectivity index (χ1n) is 9.38. The van der Waals surface area contributed by atoms with E-state index in [1.807, 2.05) is 13.8 Å². The molecule has 6 nitrogen and oxygen atoms in total. The summed E-state index contributed by atoms with van der Waals surface area (Å²) in [5.41, 5.74) is -0.263. The van der Waals surface area contributed by atoms with Crippen LogP contribution in [0.5, 0.6) is 0 Å². The molecule has 2 rings (SSSR count). The van der Waals surface area contributed by atoms with Crippen molar-refractivity contribution in [2.45, 2.75) is 33.1 Å². The molecule has 2 N–H and O–H groups in total. The molecule has 0 aliphatic rings. The van der Waals surface area contributed by atoms with E-state index >= 15 is 0 Å². The summed E-state index contributed by atoms with van der Waals surface area (Å²) in [6.07, 6.45) is -4.48. The van der Waals surface area contributed by atoms with Crippen molar-refractivity contribution in [1.82, 2.24) is 14.7 Å². The Labute approximate surface area is 167 Å². The molecule has 1 aromatic carbocycles. The normalized spacial score (nSPS) is 12.2. The number of halogens is 3. The second-order valence-electron chi connectivity index (χ2n) is 7.24. The first-order valence-corrected chi connectivity index (χ1v) is 9.38. The van der Waals surface area contributed by atoms with E-state index in [9.17, 15) is 28.2 Å². The standard InChI is InChI=1S/C20H26F3N3O3/c1-14(2)12-26-19(29)16(13-25(6-8-27)7-9-28)11-18(24-26)15-4-3-5-17(10-15)20(21,22)23/h3-5,10-11,14,27-28H,6-9,12-13H2,1-2H3. The Morgan fingerprint density at radius 1 is 1.14 bits per heavy atom. The molecule has 9 heteroatoms. The monoisotopic (exact) mass is 413 g/mol. The molecule has 0 aliphatic heterocycles. The lowest BCUT2D eigenvalue weighted by molar-refractivity contribution is -0.137. The lowest BCUT2D eigenvalue weighted by Crippen LogP contribution is -2.35. The number of alkyl halides is 3. The molecule has 0 atom stereocenters. The zero-order valence-electron chi connectivity index (χ0n) is 16.5. The smallest absolute Gasteiger partial charge is 0.395 e. The lowest BCUT2D eigenvalue weighted by Gasteiger charge is -2.21. The van der Waals surface area contributed by atoms with Crippen molar-refractivity contribution in [2.24, 2.45) is 5.92 Å². The van der Waals surface area contributed by atoms with Gasteiger partial charge in [0, 0.05) is 37.3 Å². The SMILES string of the molecule is CC(C)Cn1nc(-c2cccc(C(F)(F)F)c2)cc(CN(CCO)CCO)c1=O. The molecule has 0 spiro atoms. The minimum Gasteiger partial charge on any atom is -0.395 e. The van der Waals surface area contributed by atoms with E-state index in [2.05, 4.69) is 5.10 Å². The van der Waals surface area contributed by atoms with Crippen LogP contribution in [0.3, 0.4) is 0 Å². The van der Waals surface area contributed by atoms with Gasteiger partial charge in [0.25, 0.3) is 5.56 Å². The fraction of sp³-hybridized carbons (Fsp3) is 0.500. The number of rotatable bonds is 9. The fourth-order valence-electron chi connectivity index (χ4n) is 2.97. The van der Waals surface area contributed by atoms with Crippen molar-refractivity contribution in [3.8, 4) is 11.3 Å². The van der Waals surface area contributed by atoms with Gasteiger partial charge in [-0.15, -0.1) is 0 Å². The molecular formula is C20H26F3N3O3. The van der Waals surface area contributed by atoms with Gasteiger partial charge in [-0.05, 0) is 24.1 Å². The van der Waals surface area contributed by atoms with E-state index in [0.717, 1.165) is 12.1 Å². The van der Waals surface area contributed by atoms with Crippen molar-refractivity contribution >= 4 is 0 Å². The summed E-state index contributed by atoms with van der Waals surface area (Å²) in [6, 6.07) is 6.30. The van der Waals surface area contributed by atoms with Gasteiger partial charge in [0.2, 0.25) is 0 Å². The van der Waals surface area contributed by atoms with Crippen LogP contribution in [0.4, 0.5) is 13.2 Å². The van der Waals surface area contributed by atoms with Crippen molar-refractivity contribution < 1.29 is 23.4 Å². The first-order chi connectivity index (χ1) is 13.7. The van der Waals surface area contributed by atoms with Crippen LogP contribution < -0.4 is 5.56 Å². The molecular weight excluding hydrogens is 387 g/mol. The third-order valence-corrected chi connectivity index (χ3v) is 4.30. The Balaban J connectivity index is 2.54. The van der Waals surface area contributed by atoms with Crippen LogP contribution in [-0.4, -0.2) is 51.2 Å². The van der Waals surface area contributed by atoms with E-state index < -0.39 is 11.7 Å². The number of hydrogen-bond acceptors (Lipinski definition) is 5. The van der Waals surface area contributed by atoms with Crippen molar-refractivity contribution in [3.05, 3.63) is 51.8 Å². The Morgan fingerprint density at radius 2 is 1.79 bits per heavy atom. The number of hydrogen-bond donors (Lipinski definition) is 2. The summed E-state index contributed by atoms with van der Waals surface area (Å²) < 4.78 is 40.5. The molecule has 0 aliphatic carbocycles. The van der Waals surface area contributed by atoms with E-state index in [1.54, 1.807) is 4.90 Å². The minimum absolute atomic E-state index is 0.107. The molecule has 0 saturated carbocycles. The zero-order chi connectivity index (χ0) is 21.6. The number of aliphatic hydroxyl groups excluding tert-OH is 2. The maximum absolute atomic E-state index is 13.1. The summed E-state index contributed by atoms with van der Waals surface area (Å²) in [4.78, 5) is 14.5. The average Bonchev–Trinajstić information content (AvgIpc) is 2.64. The predicted molar refractivity (Wildman–Crippen MR) is 103 cm³/mol. The largest absolute Gasteiger partial charge is 0.416 e. The van der Waals surface area contributed by atoms with Crippen LogP contribution in [0, 0.1) is 5.92 Å². The van der Waals surface area contributed by atoms with Gasteiger partial charge >= 0.3 is 6.18 Å². The molecule has 2 aromatic rings. The van der Waals surface area contributed by atoms with E-state index in [4.69, 9.17) is 0 Å². The van der Waals surface area contributed by atoms with Crippen LogP contribution in [0.25, 0.3) is 11.3 Å². The molecule has 0 unspecified atom stereocenters. The summed E-state index contributed by atoms with van der Waals surface area (Å²) in [6.45, 7) is 4.50. The highest BCUT2D eigenvalue weighted by Crippen LogP contribution is 2.31. The van der Waals surface area contributed by atoms with Gasteiger partial charge in [-0.3, -0.25) is 9.69 Å². The Kier molecular flexibility index (Phi) is 7.95. The van der Waals surface area contributed by atoms with E-state index in [0.29, 0.717) is 12.1 Å². The second kappa shape index (κ2) is 10.00. The topological polar surface area (TPSA) is 78.6 Å². The van der Waals surface area contributed by atoms with E-state index in [-0.39, 0.29) is 55.6 Å². The van der Waals surface area contributed by atoms with E-state index in [1.165, 1.54) is 22.9 Å². The molecule has 0 fully saturated rings. The Hall–Kier alpha value is -2.23. The molecule has 0 saturated heterocycles. The highest BCUT2D eigenvalue weighted by Gasteiger charge is 2.30.